The van der Waals surface area contributed by atoms with E-state index < -0.39 is 24.1 Å². The van der Waals surface area contributed by atoms with Gasteiger partial charge in [0.1, 0.15) is 12.1 Å². The van der Waals surface area contributed by atoms with Gasteiger partial charge in [-0.15, -0.1) is 11.8 Å². The second-order valence-electron chi connectivity index (χ2n) is 7.97. The van der Waals surface area contributed by atoms with Gasteiger partial charge in [0.2, 0.25) is 11.8 Å². The molecule has 9 nitrogen and oxygen atoms in total. The summed E-state index contributed by atoms with van der Waals surface area (Å²) in [5.41, 5.74) is 0.665. The van der Waals surface area contributed by atoms with E-state index in [0.717, 1.165) is 4.90 Å². The highest BCUT2D eigenvalue weighted by molar-refractivity contribution is 7.99. The second kappa shape index (κ2) is 11.6. The normalized spacial score (nSPS) is 22.2. The molecule has 3 rings (SSSR count). The quantitative estimate of drug-likeness (QED) is 0.441. The summed E-state index contributed by atoms with van der Waals surface area (Å²) in [7, 11) is 1.31. The first-order chi connectivity index (χ1) is 15.9. The molecule has 2 fully saturated rings. The Bertz CT molecular complexity index is 899. The van der Waals surface area contributed by atoms with Crippen LogP contribution in [0.15, 0.2) is 29.2 Å². The number of thioether (sulfide) groups is 2. The van der Waals surface area contributed by atoms with Crippen molar-refractivity contribution in [3.63, 3.8) is 0 Å². The van der Waals surface area contributed by atoms with Crippen molar-refractivity contribution in [3.05, 3.63) is 24.3 Å². The Morgan fingerprint density at radius 1 is 1.15 bits per heavy atom. The number of hydrogen-bond donors (Lipinski definition) is 2. The van der Waals surface area contributed by atoms with Gasteiger partial charge in [0.05, 0.1) is 18.9 Å². The molecule has 11 heteroatoms. The first-order valence-corrected chi connectivity index (χ1v) is 13.4. The minimum Gasteiger partial charge on any atom is -0.467 e. The lowest BCUT2D eigenvalue weighted by atomic mass is 10.1. The van der Waals surface area contributed by atoms with E-state index in [1.807, 2.05) is 30.7 Å². The molecule has 0 unspecified atom stereocenters. The van der Waals surface area contributed by atoms with Gasteiger partial charge in [-0.1, -0.05) is 6.07 Å². The van der Waals surface area contributed by atoms with E-state index in [-0.39, 0.29) is 30.2 Å². The molecule has 0 aromatic heterocycles. The van der Waals surface area contributed by atoms with E-state index in [9.17, 15) is 19.2 Å². The summed E-state index contributed by atoms with van der Waals surface area (Å²) < 4.78 is 4.85. The van der Waals surface area contributed by atoms with Crippen molar-refractivity contribution in [2.45, 2.75) is 42.3 Å². The summed E-state index contributed by atoms with van der Waals surface area (Å²) in [4.78, 5) is 54.9. The lowest BCUT2D eigenvalue weighted by Gasteiger charge is -2.30. The molecule has 0 bridgehead atoms. The molecule has 33 heavy (non-hydrogen) atoms. The maximum absolute atomic E-state index is 13.4. The number of carbonyl (C=O) groups is 4. The smallest absolute Gasteiger partial charge is 0.328 e. The van der Waals surface area contributed by atoms with Gasteiger partial charge in [-0.05, 0) is 50.0 Å². The summed E-state index contributed by atoms with van der Waals surface area (Å²) in [6.07, 6.45) is 5.32. The van der Waals surface area contributed by atoms with Crippen LogP contribution in [0.1, 0.15) is 19.3 Å². The minimum atomic E-state index is -0.722. The number of ether oxygens (including phenoxy) is 1. The van der Waals surface area contributed by atoms with E-state index in [0.29, 0.717) is 31.5 Å². The van der Waals surface area contributed by atoms with Crippen molar-refractivity contribution in [3.8, 4) is 0 Å². The SMILES string of the molecule is COC(=O)[C@@H]1CCCN1C(=O)[C@H]1C[C@H](NC(=O)Nc2cccc(SC)c2)CN1C(=O)CSC. The molecule has 0 saturated carbocycles. The maximum atomic E-state index is 13.4. The van der Waals surface area contributed by atoms with Gasteiger partial charge in [-0.2, -0.15) is 11.8 Å². The number of nitrogens with one attached hydrogen (secondary N) is 2. The molecule has 1 aromatic rings. The minimum absolute atomic E-state index is 0.160. The molecule has 1 aromatic carbocycles. The van der Waals surface area contributed by atoms with Crippen LogP contribution in [0.4, 0.5) is 10.5 Å². The Kier molecular flexibility index (Phi) is 8.90. The number of methoxy groups -OCH3 is 1. The molecule has 0 aliphatic carbocycles. The van der Waals surface area contributed by atoms with Crippen LogP contribution in [-0.2, 0) is 19.1 Å². The van der Waals surface area contributed by atoms with Crippen LogP contribution in [-0.4, -0.2) is 90.2 Å². The van der Waals surface area contributed by atoms with Crippen molar-refractivity contribution in [1.82, 2.24) is 15.1 Å². The number of urea groups is 1. The van der Waals surface area contributed by atoms with Crippen LogP contribution in [0, 0.1) is 0 Å². The van der Waals surface area contributed by atoms with Crippen LogP contribution >= 0.6 is 23.5 Å². The Hall–Kier alpha value is -2.40. The molecule has 2 aliphatic heterocycles. The van der Waals surface area contributed by atoms with Crippen molar-refractivity contribution < 1.29 is 23.9 Å². The summed E-state index contributed by atoms with van der Waals surface area (Å²) >= 11 is 2.96. The largest absolute Gasteiger partial charge is 0.467 e. The zero-order valence-corrected chi connectivity index (χ0v) is 20.7. The van der Waals surface area contributed by atoms with E-state index in [1.54, 1.807) is 17.8 Å². The molecule has 2 heterocycles. The van der Waals surface area contributed by atoms with E-state index >= 15 is 0 Å². The summed E-state index contributed by atoms with van der Waals surface area (Å²) in [5.74, 6) is -0.630. The second-order valence-corrected chi connectivity index (χ2v) is 9.72. The van der Waals surface area contributed by atoms with Crippen molar-refractivity contribution >= 4 is 53.0 Å². The van der Waals surface area contributed by atoms with Crippen molar-refractivity contribution in [1.29, 1.82) is 0 Å². The van der Waals surface area contributed by atoms with Gasteiger partial charge in [-0.25, -0.2) is 9.59 Å². The van der Waals surface area contributed by atoms with Crippen LogP contribution < -0.4 is 10.6 Å². The number of rotatable bonds is 7. The molecule has 2 saturated heterocycles. The molecular weight excluding hydrogens is 464 g/mol. The molecule has 2 aliphatic rings. The zero-order chi connectivity index (χ0) is 24.0. The number of amides is 4. The van der Waals surface area contributed by atoms with Gasteiger partial charge in [0.25, 0.3) is 0 Å². The van der Waals surface area contributed by atoms with Crippen LogP contribution in [0.5, 0.6) is 0 Å². The predicted octanol–water partition coefficient (Wildman–Crippen LogP) is 2.03. The fourth-order valence-electron chi connectivity index (χ4n) is 4.31. The zero-order valence-electron chi connectivity index (χ0n) is 19.0. The van der Waals surface area contributed by atoms with Gasteiger partial charge < -0.3 is 25.2 Å². The summed E-state index contributed by atoms with van der Waals surface area (Å²) in [6, 6.07) is 5.37. The Morgan fingerprint density at radius 2 is 1.94 bits per heavy atom. The number of carbonyl (C=O) groups excluding carboxylic acids is 4. The number of nitrogens with zero attached hydrogens (tertiary/aromatic N) is 2. The monoisotopic (exact) mass is 494 g/mol. The molecule has 4 amide bonds. The van der Waals surface area contributed by atoms with Crippen molar-refractivity contribution in [2.75, 3.05) is 43.8 Å². The lowest BCUT2D eigenvalue weighted by Crippen LogP contribution is -2.51. The number of benzene rings is 1. The highest BCUT2D eigenvalue weighted by atomic mass is 32.2. The summed E-state index contributed by atoms with van der Waals surface area (Å²) in [6.45, 7) is 0.689. The van der Waals surface area contributed by atoms with Crippen LogP contribution in [0.25, 0.3) is 0 Å². The van der Waals surface area contributed by atoms with E-state index in [2.05, 4.69) is 10.6 Å². The molecular formula is C22H30N4O5S2. The first kappa shape index (κ1) is 25.2. The molecule has 2 N–H and O–H groups in total. The highest BCUT2D eigenvalue weighted by Crippen LogP contribution is 2.26. The Morgan fingerprint density at radius 3 is 2.64 bits per heavy atom. The topological polar surface area (TPSA) is 108 Å². The Labute approximate surface area is 202 Å². The fourth-order valence-corrected chi connectivity index (χ4v) is 5.19. The van der Waals surface area contributed by atoms with E-state index in [4.69, 9.17) is 4.74 Å². The van der Waals surface area contributed by atoms with Gasteiger partial charge >= 0.3 is 12.0 Å². The standard InChI is InChI=1S/C22H30N4O5S2/c1-31-21(29)17-8-5-9-25(17)20(28)18-11-15(12-26(18)19(27)13-32-2)24-22(30)23-14-6-4-7-16(10-14)33-3/h4,6-7,10,15,17-18H,5,8-9,11-13H2,1-3H3,(H2,23,24,30)/t15-,17-,18+/m0/s1. The fraction of sp³-hybridized carbons (Fsp3) is 0.545. The van der Waals surface area contributed by atoms with E-state index in [1.165, 1.54) is 28.7 Å². The third-order valence-corrected chi connectivity index (χ3v) is 7.11. The van der Waals surface area contributed by atoms with Gasteiger partial charge in [-0.3, -0.25) is 9.59 Å². The highest BCUT2D eigenvalue weighted by Gasteiger charge is 2.45. The molecule has 180 valence electrons. The third-order valence-electron chi connectivity index (χ3n) is 5.85. The van der Waals surface area contributed by atoms with Gasteiger partial charge in [0, 0.05) is 23.7 Å². The number of likely N-dealkylation sites (tertiary alicyclic amines) is 2. The maximum Gasteiger partial charge on any atom is 0.328 e. The molecule has 0 spiro atoms. The number of anilines is 1. The Balaban J connectivity index is 1.69. The predicted molar refractivity (Wildman–Crippen MR) is 129 cm³/mol. The average molecular weight is 495 g/mol. The van der Waals surface area contributed by atoms with Crippen LogP contribution in [0.3, 0.4) is 0 Å². The molecule has 0 radical (unpaired) electrons. The average Bonchev–Trinajstić information content (AvgIpc) is 3.46. The lowest BCUT2D eigenvalue weighted by molar-refractivity contribution is -0.153. The summed E-state index contributed by atoms with van der Waals surface area (Å²) in [5, 5.41) is 5.71. The van der Waals surface area contributed by atoms with Crippen molar-refractivity contribution in [2.24, 2.45) is 0 Å². The molecule has 3 atom stereocenters. The van der Waals surface area contributed by atoms with Crippen LogP contribution in [0.2, 0.25) is 0 Å². The third kappa shape index (κ3) is 6.14. The number of hydrogen-bond acceptors (Lipinski definition) is 7. The first-order valence-electron chi connectivity index (χ1n) is 10.8. The number of esters is 1. The van der Waals surface area contributed by atoms with Gasteiger partial charge in [0.15, 0.2) is 0 Å².